The molecule has 4 heteroatoms. The normalized spacial score (nSPS) is 15.7. The van der Waals surface area contributed by atoms with E-state index in [2.05, 4.69) is 37.3 Å². The van der Waals surface area contributed by atoms with Crippen LogP contribution in [0.4, 0.5) is 5.69 Å². The largest absolute Gasteiger partial charge is 0.300 e. The van der Waals surface area contributed by atoms with Crippen LogP contribution >= 0.6 is 31.9 Å². The van der Waals surface area contributed by atoms with Crippen molar-refractivity contribution in [2.45, 2.75) is 0 Å². The molecule has 0 bridgehead atoms. The number of para-hydroxylation sites is 1. The second-order valence-electron chi connectivity index (χ2n) is 2.80. The number of benzene rings is 1. The molecular weight excluding hydrogens is 308 g/mol. The van der Waals surface area contributed by atoms with Crippen LogP contribution < -0.4 is 10.4 Å². The lowest BCUT2D eigenvalue weighted by Gasteiger charge is -2.24. The van der Waals surface area contributed by atoms with Gasteiger partial charge in [0.1, 0.15) is 0 Å². The number of nitrogens with zero attached hydrogens (tertiary/aromatic N) is 1. The van der Waals surface area contributed by atoms with Crippen molar-refractivity contribution in [2.75, 3.05) is 5.01 Å². The van der Waals surface area contributed by atoms with E-state index in [1.54, 1.807) is 0 Å². The number of hydrazine groups is 1. The fourth-order valence-electron chi connectivity index (χ4n) is 1.15. The van der Waals surface area contributed by atoms with Crippen molar-refractivity contribution in [1.29, 1.82) is 0 Å². The maximum absolute atomic E-state index is 3.46. The topological polar surface area (TPSA) is 15.3 Å². The first-order valence-electron chi connectivity index (χ1n) is 4.11. The maximum atomic E-state index is 3.46. The summed E-state index contributed by atoms with van der Waals surface area (Å²) in [7, 11) is 0. The number of halogens is 2. The van der Waals surface area contributed by atoms with Crippen molar-refractivity contribution in [3.8, 4) is 0 Å². The van der Waals surface area contributed by atoms with E-state index in [1.807, 2.05) is 47.7 Å². The molecule has 0 amide bonds. The summed E-state index contributed by atoms with van der Waals surface area (Å²) in [6, 6.07) is 10.1. The van der Waals surface area contributed by atoms with Gasteiger partial charge in [-0.25, -0.2) is 0 Å². The Labute approximate surface area is 99.5 Å². The summed E-state index contributed by atoms with van der Waals surface area (Å²) < 4.78 is 2.02. The third kappa shape index (κ3) is 2.01. The summed E-state index contributed by atoms with van der Waals surface area (Å²) in [5, 5.41) is 1.94. The molecule has 2 nitrogen and oxygen atoms in total. The molecule has 1 aromatic rings. The first-order chi connectivity index (χ1) is 6.77. The summed E-state index contributed by atoms with van der Waals surface area (Å²) in [6.07, 6.45) is 3.86. The molecule has 0 radical (unpaired) electrons. The summed E-state index contributed by atoms with van der Waals surface area (Å²) in [5.74, 6) is 0. The van der Waals surface area contributed by atoms with Gasteiger partial charge in [-0.3, -0.25) is 5.01 Å². The molecule has 0 unspecified atom stereocenters. The first kappa shape index (κ1) is 9.80. The van der Waals surface area contributed by atoms with Gasteiger partial charge in [0.05, 0.1) is 14.7 Å². The van der Waals surface area contributed by atoms with Crippen LogP contribution in [0, 0.1) is 0 Å². The summed E-state index contributed by atoms with van der Waals surface area (Å²) in [6.45, 7) is 0. The molecule has 0 atom stereocenters. The van der Waals surface area contributed by atoms with E-state index in [9.17, 15) is 0 Å². The fourth-order valence-corrected chi connectivity index (χ4v) is 1.67. The Morgan fingerprint density at radius 3 is 2.36 bits per heavy atom. The molecule has 14 heavy (non-hydrogen) atoms. The minimum atomic E-state index is 1.00. The van der Waals surface area contributed by atoms with Crippen LogP contribution in [-0.4, -0.2) is 0 Å². The van der Waals surface area contributed by atoms with Gasteiger partial charge in [-0.15, -0.1) is 0 Å². The van der Waals surface area contributed by atoms with Gasteiger partial charge in [0.25, 0.3) is 0 Å². The Morgan fingerprint density at radius 1 is 1.00 bits per heavy atom. The smallest absolute Gasteiger partial charge is 0.0623 e. The van der Waals surface area contributed by atoms with Gasteiger partial charge >= 0.3 is 0 Å². The van der Waals surface area contributed by atoms with Gasteiger partial charge in [0.2, 0.25) is 0 Å². The lowest BCUT2D eigenvalue weighted by Crippen LogP contribution is -2.31. The van der Waals surface area contributed by atoms with Gasteiger partial charge < -0.3 is 5.43 Å². The predicted octanol–water partition coefficient (Wildman–Crippen LogP) is 3.48. The van der Waals surface area contributed by atoms with Crippen LogP contribution in [0.3, 0.4) is 0 Å². The van der Waals surface area contributed by atoms with Gasteiger partial charge in [0.15, 0.2) is 0 Å². The molecular formula is C10H8Br2N2. The average molecular weight is 316 g/mol. The number of hydrogen-bond donors (Lipinski definition) is 1. The molecule has 72 valence electrons. The molecule has 1 aliphatic rings. The molecule has 0 saturated carbocycles. The maximum Gasteiger partial charge on any atom is 0.0623 e. The third-order valence-corrected chi connectivity index (χ3v) is 3.66. The average Bonchev–Trinajstić information content (AvgIpc) is 2.23. The lowest BCUT2D eigenvalue weighted by atomic mass is 10.3. The molecule has 0 saturated heterocycles. The van der Waals surface area contributed by atoms with Gasteiger partial charge in [-0.05, 0) is 44.0 Å². The monoisotopic (exact) mass is 314 g/mol. The number of anilines is 1. The zero-order chi connectivity index (χ0) is 9.97. The Kier molecular flexibility index (Phi) is 2.93. The van der Waals surface area contributed by atoms with Crippen LogP contribution in [0.15, 0.2) is 51.7 Å². The van der Waals surface area contributed by atoms with Crippen molar-refractivity contribution < 1.29 is 0 Å². The van der Waals surface area contributed by atoms with Crippen LogP contribution in [0.1, 0.15) is 0 Å². The Hall–Kier alpha value is -0.740. The highest BCUT2D eigenvalue weighted by Gasteiger charge is 2.09. The molecule has 0 aliphatic carbocycles. The SMILES string of the molecule is BrC1=CNN(c2ccccc2)C=C1Br. The number of rotatable bonds is 1. The van der Waals surface area contributed by atoms with Crippen molar-refractivity contribution in [3.63, 3.8) is 0 Å². The second kappa shape index (κ2) is 4.19. The van der Waals surface area contributed by atoms with Crippen LogP contribution in [0.25, 0.3) is 0 Å². The Bertz CT molecular complexity index is 384. The summed E-state index contributed by atoms with van der Waals surface area (Å²) >= 11 is 6.87. The van der Waals surface area contributed by atoms with Crippen molar-refractivity contribution in [3.05, 3.63) is 51.7 Å². The van der Waals surface area contributed by atoms with E-state index in [0.29, 0.717) is 0 Å². The first-order valence-corrected chi connectivity index (χ1v) is 5.70. The van der Waals surface area contributed by atoms with Gasteiger partial charge in [-0.1, -0.05) is 18.2 Å². The highest BCUT2D eigenvalue weighted by Crippen LogP contribution is 2.27. The third-order valence-electron chi connectivity index (χ3n) is 1.84. The quantitative estimate of drug-likeness (QED) is 0.853. The van der Waals surface area contributed by atoms with Crippen LogP contribution in [0.5, 0.6) is 0 Å². The van der Waals surface area contributed by atoms with Crippen molar-refractivity contribution in [1.82, 2.24) is 5.43 Å². The summed E-state index contributed by atoms with van der Waals surface area (Å²) in [5.41, 5.74) is 4.23. The van der Waals surface area contributed by atoms with Crippen LogP contribution in [-0.2, 0) is 0 Å². The van der Waals surface area contributed by atoms with E-state index in [1.165, 1.54) is 0 Å². The minimum absolute atomic E-state index is 1.00. The fraction of sp³-hybridized carbons (Fsp3) is 0. The Balaban J connectivity index is 2.25. The molecule has 1 heterocycles. The molecule has 1 aliphatic heterocycles. The number of allylic oxidation sites excluding steroid dienone is 2. The predicted molar refractivity (Wildman–Crippen MR) is 66.1 cm³/mol. The van der Waals surface area contributed by atoms with Crippen LogP contribution in [0.2, 0.25) is 0 Å². The number of hydrogen-bond acceptors (Lipinski definition) is 2. The standard InChI is InChI=1S/C10H8Br2N2/c11-9-6-13-14(7-10(9)12)8-4-2-1-3-5-8/h1-7,13H. The van der Waals surface area contributed by atoms with Crippen molar-refractivity contribution in [2.24, 2.45) is 0 Å². The molecule has 0 aromatic heterocycles. The van der Waals surface area contributed by atoms with E-state index >= 15 is 0 Å². The molecule has 0 spiro atoms. The van der Waals surface area contributed by atoms with Crippen molar-refractivity contribution >= 4 is 37.5 Å². The number of nitrogens with one attached hydrogen (secondary N) is 1. The van der Waals surface area contributed by atoms with E-state index < -0.39 is 0 Å². The highest BCUT2D eigenvalue weighted by molar-refractivity contribution is 9.15. The second-order valence-corrected chi connectivity index (χ2v) is 4.51. The minimum Gasteiger partial charge on any atom is -0.300 e. The molecule has 1 N–H and O–H groups in total. The molecule has 1 aromatic carbocycles. The van der Waals surface area contributed by atoms with Gasteiger partial charge in [-0.2, -0.15) is 0 Å². The van der Waals surface area contributed by atoms with E-state index in [4.69, 9.17) is 0 Å². The Morgan fingerprint density at radius 2 is 1.71 bits per heavy atom. The lowest BCUT2D eigenvalue weighted by molar-refractivity contribution is 0.864. The zero-order valence-electron chi connectivity index (χ0n) is 7.24. The molecule has 0 fully saturated rings. The zero-order valence-corrected chi connectivity index (χ0v) is 10.4. The molecule has 2 rings (SSSR count). The van der Waals surface area contributed by atoms with E-state index in [-0.39, 0.29) is 0 Å². The summed E-state index contributed by atoms with van der Waals surface area (Å²) in [4.78, 5) is 0. The van der Waals surface area contributed by atoms with E-state index in [0.717, 1.165) is 14.7 Å². The highest BCUT2D eigenvalue weighted by atomic mass is 79.9. The van der Waals surface area contributed by atoms with Gasteiger partial charge in [0, 0.05) is 12.4 Å².